The van der Waals surface area contributed by atoms with Crippen LogP contribution in [0.15, 0.2) is 40.9 Å². The van der Waals surface area contributed by atoms with Crippen molar-refractivity contribution in [2.24, 2.45) is 0 Å². The molecule has 0 spiro atoms. The van der Waals surface area contributed by atoms with Crippen molar-refractivity contribution < 1.29 is 9.32 Å². The van der Waals surface area contributed by atoms with Gasteiger partial charge in [0, 0.05) is 54.4 Å². The highest BCUT2D eigenvalue weighted by Gasteiger charge is 2.38. The molecule has 164 valence electrons. The molecule has 1 amide bonds. The fourth-order valence-corrected chi connectivity index (χ4v) is 5.37. The van der Waals surface area contributed by atoms with Crippen molar-refractivity contribution in [1.29, 1.82) is 0 Å². The number of nitrogens with one attached hydrogen (secondary N) is 1. The summed E-state index contributed by atoms with van der Waals surface area (Å²) in [6.07, 6.45) is 1.20. The second-order valence-corrected chi connectivity index (χ2v) is 9.49. The van der Waals surface area contributed by atoms with Crippen molar-refractivity contribution in [2.75, 3.05) is 13.1 Å². The van der Waals surface area contributed by atoms with Gasteiger partial charge in [-0.2, -0.15) is 4.98 Å². The van der Waals surface area contributed by atoms with E-state index in [2.05, 4.69) is 20.4 Å². The van der Waals surface area contributed by atoms with Crippen LogP contribution < -0.4 is 5.32 Å². The predicted octanol–water partition coefficient (Wildman–Crippen LogP) is 3.40. The van der Waals surface area contributed by atoms with Gasteiger partial charge in [0.2, 0.25) is 0 Å². The monoisotopic (exact) mass is 449 g/mol. The van der Waals surface area contributed by atoms with Gasteiger partial charge in [-0.1, -0.05) is 28.9 Å². The molecule has 0 aliphatic carbocycles. The van der Waals surface area contributed by atoms with Gasteiger partial charge in [-0.3, -0.25) is 9.69 Å². The van der Waals surface area contributed by atoms with E-state index in [1.807, 2.05) is 48.2 Å². The minimum Gasteiger partial charge on any atom is -0.334 e. The van der Waals surface area contributed by atoms with Crippen LogP contribution in [0.2, 0.25) is 5.02 Å². The Morgan fingerprint density at radius 2 is 2.06 bits per heavy atom. The number of carbonyl (C=O) groups excluding carboxylic acids is 1. The zero-order valence-electron chi connectivity index (χ0n) is 17.8. The molecule has 2 fully saturated rings. The van der Waals surface area contributed by atoms with Crippen LogP contribution in [0.1, 0.15) is 39.3 Å². The molecule has 0 radical (unpaired) electrons. The lowest BCUT2D eigenvalue weighted by Gasteiger charge is -2.25. The van der Waals surface area contributed by atoms with Crippen molar-refractivity contribution in [2.45, 2.75) is 45.1 Å². The van der Waals surface area contributed by atoms with Crippen molar-refractivity contribution >= 4 is 17.5 Å². The van der Waals surface area contributed by atoms with Crippen molar-refractivity contribution in [3.63, 3.8) is 0 Å². The molecule has 7 nitrogen and oxygen atoms in total. The number of likely N-dealkylation sites (tertiary alicyclic amines) is 1. The van der Waals surface area contributed by atoms with Gasteiger partial charge in [0.1, 0.15) is 0 Å². The predicted molar refractivity (Wildman–Crippen MR) is 120 cm³/mol. The van der Waals surface area contributed by atoms with Crippen LogP contribution in [0.4, 0.5) is 0 Å². The lowest BCUT2D eigenvalue weighted by molar-refractivity contribution is 0.0766. The minimum atomic E-state index is 0.0583. The molecule has 3 aromatic rings. The van der Waals surface area contributed by atoms with Crippen LogP contribution in [-0.4, -0.2) is 51.0 Å². The number of hydrogen-bond acceptors (Lipinski definition) is 6. The Balaban J connectivity index is 1.21. The number of benzene rings is 2. The molecule has 4 heterocycles. The summed E-state index contributed by atoms with van der Waals surface area (Å²) in [5.74, 6) is 1.28. The molecule has 3 aliphatic rings. The average molecular weight is 450 g/mol. The molecule has 8 heteroatoms. The zero-order valence-corrected chi connectivity index (χ0v) is 18.6. The Bertz CT molecular complexity index is 1190. The molecule has 6 rings (SSSR count). The SMILES string of the molecule is Cc1cc(-c2nc(CN3C[C@@H]4CC3CN4)no2)cc2c1C(=O)N(Cc1ccc(Cl)cc1)C2. The molecule has 2 bridgehead atoms. The molecular formula is C24H24ClN5O2. The molecular weight excluding hydrogens is 426 g/mol. The number of hydrogen-bond donors (Lipinski definition) is 1. The molecule has 1 N–H and O–H groups in total. The second kappa shape index (κ2) is 7.69. The van der Waals surface area contributed by atoms with Crippen molar-refractivity contribution in [1.82, 2.24) is 25.3 Å². The maximum Gasteiger partial charge on any atom is 0.257 e. The first-order chi connectivity index (χ1) is 15.5. The summed E-state index contributed by atoms with van der Waals surface area (Å²) in [4.78, 5) is 22.0. The first-order valence-corrected chi connectivity index (χ1v) is 11.4. The minimum absolute atomic E-state index is 0.0583. The van der Waals surface area contributed by atoms with E-state index >= 15 is 0 Å². The van der Waals surface area contributed by atoms with E-state index in [0.717, 1.165) is 40.9 Å². The zero-order chi connectivity index (χ0) is 21.8. The molecule has 2 aromatic carbocycles. The summed E-state index contributed by atoms with van der Waals surface area (Å²) < 4.78 is 5.60. The number of carbonyl (C=O) groups is 1. The highest BCUT2D eigenvalue weighted by molar-refractivity contribution is 6.30. The summed E-state index contributed by atoms with van der Waals surface area (Å²) >= 11 is 5.99. The number of piperazine rings is 1. The smallest absolute Gasteiger partial charge is 0.257 e. The summed E-state index contributed by atoms with van der Waals surface area (Å²) in [6.45, 7) is 5.88. The summed E-state index contributed by atoms with van der Waals surface area (Å²) in [5.41, 5.74) is 4.64. The topological polar surface area (TPSA) is 74.5 Å². The van der Waals surface area contributed by atoms with Gasteiger partial charge in [0.25, 0.3) is 11.8 Å². The van der Waals surface area contributed by atoms with Gasteiger partial charge in [-0.15, -0.1) is 0 Å². The normalized spacial score (nSPS) is 22.2. The summed E-state index contributed by atoms with van der Waals surface area (Å²) in [7, 11) is 0. The van der Waals surface area contributed by atoms with E-state index in [1.54, 1.807) is 0 Å². The lowest BCUT2D eigenvalue weighted by atomic mass is 10.0. The average Bonchev–Trinajstić information content (AvgIpc) is 3.55. The third-order valence-corrected chi connectivity index (χ3v) is 7.05. The molecule has 1 unspecified atom stereocenters. The fraction of sp³-hybridized carbons (Fsp3) is 0.375. The number of amides is 1. The Labute approximate surface area is 191 Å². The standard InChI is InChI=1S/C24H24ClN5O2/c1-14-6-16(23-27-21(28-32-23)13-29-12-19-8-20(29)9-26-19)7-17-11-30(24(31)22(14)17)10-15-2-4-18(25)5-3-15/h2-7,19-20,26H,8-13H2,1H3/t19-,20?/m0/s1. The number of aromatic nitrogens is 2. The van der Waals surface area contributed by atoms with Gasteiger partial charge in [0.05, 0.1) is 6.54 Å². The first-order valence-electron chi connectivity index (χ1n) is 11.0. The summed E-state index contributed by atoms with van der Waals surface area (Å²) in [5, 5.41) is 8.43. The van der Waals surface area contributed by atoms with E-state index in [-0.39, 0.29) is 5.91 Å². The van der Waals surface area contributed by atoms with E-state index in [0.29, 0.717) is 48.5 Å². The van der Waals surface area contributed by atoms with Crippen LogP contribution in [0.3, 0.4) is 0 Å². The molecule has 1 aromatic heterocycles. The number of rotatable bonds is 5. The molecule has 3 aliphatic heterocycles. The number of nitrogens with zero attached hydrogens (tertiary/aromatic N) is 4. The highest BCUT2D eigenvalue weighted by Crippen LogP contribution is 2.32. The van der Waals surface area contributed by atoms with Gasteiger partial charge < -0.3 is 14.7 Å². The van der Waals surface area contributed by atoms with Crippen LogP contribution >= 0.6 is 11.6 Å². The molecule has 2 saturated heterocycles. The van der Waals surface area contributed by atoms with Crippen molar-refractivity contribution in [3.8, 4) is 11.5 Å². The fourth-order valence-electron chi connectivity index (χ4n) is 5.25. The van der Waals surface area contributed by atoms with Gasteiger partial charge in [-0.05, 0) is 54.3 Å². The van der Waals surface area contributed by atoms with Gasteiger partial charge in [-0.25, -0.2) is 0 Å². The Kier molecular flexibility index (Phi) is 4.78. The molecule has 0 saturated carbocycles. The quantitative estimate of drug-likeness (QED) is 0.643. The molecule has 2 atom stereocenters. The lowest BCUT2D eigenvalue weighted by Crippen LogP contribution is -2.43. The third-order valence-electron chi connectivity index (χ3n) is 6.80. The van der Waals surface area contributed by atoms with E-state index in [9.17, 15) is 4.79 Å². The first kappa shape index (κ1) is 19.9. The van der Waals surface area contributed by atoms with Crippen LogP contribution in [0.25, 0.3) is 11.5 Å². The van der Waals surface area contributed by atoms with Crippen LogP contribution in [-0.2, 0) is 19.6 Å². The summed E-state index contributed by atoms with van der Waals surface area (Å²) in [6, 6.07) is 12.8. The Hall–Kier alpha value is -2.74. The van der Waals surface area contributed by atoms with Gasteiger partial charge >= 0.3 is 0 Å². The maximum absolute atomic E-state index is 13.0. The van der Waals surface area contributed by atoms with Crippen molar-refractivity contribution in [3.05, 3.63) is 69.5 Å². The van der Waals surface area contributed by atoms with Crippen LogP contribution in [0.5, 0.6) is 0 Å². The van der Waals surface area contributed by atoms with E-state index < -0.39 is 0 Å². The Morgan fingerprint density at radius 3 is 2.81 bits per heavy atom. The molecule has 32 heavy (non-hydrogen) atoms. The maximum atomic E-state index is 13.0. The second-order valence-electron chi connectivity index (χ2n) is 9.05. The highest BCUT2D eigenvalue weighted by atomic mass is 35.5. The van der Waals surface area contributed by atoms with E-state index in [1.165, 1.54) is 6.42 Å². The number of fused-ring (bicyclic) bond motifs is 3. The van der Waals surface area contributed by atoms with Crippen LogP contribution in [0, 0.1) is 6.92 Å². The number of halogens is 1. The Morgan fingerprint density at radius 1 is 1.22 bits per heavy atom. The van der Waals surface area contributed by atoms with E-state index in [4.69, 9.17) is 16.1 Å². The number of aryl methyl sites for hydroxylation is 1. The largest absolute Gasteiger partial charge is 0.334 e. The van der Waals surface area contributed by atoms with Gasteiger partial charge in [0.15, 0.2) is 5.82 Å². The third kappa shape index (κ3) is 3.50.